The summed E-state index contributed by atoms with van der Waals surface area (Å²) in [6.07, 6.45) is 1.80. The van der Waals surface area contributed by atoms with Crippen molar-refractivity contribution in [3.8, 4) is 0 Å². The molecule has 0 atom stereocenters. The van der Waals surface area contributed by atoms with Crippen molar-refractivity contribution in [2.45, 2.75) is 26.4 Å². The summed E-state index contributed by atoms with van der Waals surface area (Å²) in [5.74, 6) is -0.0194. The van der Waals surface area contributed by atoms with Crippen LogP contribution in [0.25, 0.3) is 0 Å². The second-order valence-electron chi connectivity index (χ2n) is 6.51. The topological polar surface area (TPSA) is 45.7 Å². The third kappa shape index (κ3) is 4.37. The van der Waals surface area contributed by atoms with E-state index < -0.39 is 0 Å². The SMILES string of the molecule is CC(C)N(Cc1ccccc1)c1ccc(C(=O)N2CCOCC2)nc1. The minimum Gasteiger partial charge on any atom is -0.378 e. The summed E-state index contributed by atoms with van der Waals surface area (Å²) in [5, 5.41) is 0. The third-order valence-corrected chi connectivity index (χ3v) is 4.42. The number of rotatable bonds is 5. The Morgan fingerprint density at radius 2 is 1.88 bits per heavy atom. The molecule has 0 bridgehead atoms. The van der Waals surface area contributed by atoms with Crippen molar-refractivity contribution in [1.29, 1.82) is 0 Å². The number of anilines is 1. The molecule has 5 heteroatoms. The lowest BCUT2D eigenvalue weighted by atomic mass is 10.1. The molecule has 2 aromatic rings. The molecule has 0 unspecified atom stereocenters. The summed E-state index contributed by atoms with van der Waals surface area (Å²) in [6.45, 7) is 7.61. The quantitative estimate of drug-likeness (QED) is 0.840. The van der Waals surface area contributed by atoms with Gasteiger partial charge in [0, 0.05) is 25.7 Å². The number of hydrogen-bond acceptors (Lipinski definition) is 4. The molecule has 0 spiro atoms. The van der Waals surface area contributed by atoms with Gasteiger partial charge in [-0.05, 0) is 31.5 Å². The van der Waals surface area contributed by atoms with Crippen molar-refractivity contribution >= 4 is 11.6 Å². The van der Waals surface area contributed by atoms with Gasteiger partial charge in [0.1, 0.15) is 5.69 Å². The van der Waals surface area contributed by atoms with Gasteiger partial charge < -0.3 is 14.5 Å². The Balaban J connectivity index is 1.73. The van der Waals surface area contributed by atoms with Crippen LogP contribution in [0.4, 0.5) is 5.69 Å². The lowest BCUT2D eigenvalue weighted by molar-refractivity contribution is 0.0299. The fraction of sp³-hybridized carbons (Fsp3) is 0.400. The van der Waals surface area contributed by atoms with Gasteiger partial charge >= 0.3 is 0 Å². The first-order chi connectivity index (χ1) is 12.1. The molecule has 0 radical (unpaired) electrons. The Hall–Kier alpha value is -2.40. The molecule has 1 aromatic heterocycles. The Morgan fingerprint density at radius 3 is 2.48 bits per heavy atom. The van der Waals surface area contributed by atoms with E-state index in [1.807, 2.05) is 18.2 Å². The highest BCUT2D eigenvalue weighted by molar-refractivity contribution is 5.92. The molecule has 0 aliphatic carbocycles. The van der Waals surface area contributed by atoms with Crippen LogP contribution in [-0.4, -0.2) is 48.1 Å². The molecular formula is C20H25N3O2. The molecule has 3 rings (SSSR count). The number of hydrogen-bond donors (Lipinski definition) is 0. The van der Waals surface area contributed by atoms with E-state index in [1.165, 1.54) is 5.56 Å². The molecule has 0 N–H and O–H groups in total. The Bertz CT molecular complexity index is 680. The van der Waals surface area contributed by atoms with Crippen LogP contribution in [0.1, 0.15) is 29.9 Å². The van der Waals surface area contributed by atoms with E-state index in [9.17, 15) is 4.79 Å². The second kappa shape index (κ2) is 8.12. The standard InChI is InChI=1S/C20H25N3O2/c1-16(2)23(15-17-6-4-3-5-7-17)18-8-9-19(21-14-18)20(24)22-10-12-25-13-11-22/h3-9,14,16H,10-13,15H2,1-2H3. The lowest BCUT2D eigenvalue weighted by Gasteiger charge is -2.29. The average Bonchev–Trinajstić information content (AvgIpc) is 2.67. The number of carbonyl (C=O) groups is 1. The van der Waals surface area contributed by atoms with Crippen molar-refractivity contribution in [3.05, 3.63) is 59.9 Å². The number of ether oxygens (including phenoxy) is 1. The third-order valence-electron chi connectivity index (χ3n) is 4.42. The molecule has 1 saturated heterocycles. The highest BCUT2D eigenvalue weighted by atomic mass is 16.5. The van der Waals surface area contributed by atoms with E-state index in [-0.39, 0.29) is 5.91 Å². The Labute approximate surface area is 149 Å². The number of carbonyl (C=O) groups excluding carboxylic acids is 1. The summed E-state index contributed by atoms with van der Waals surface area (Å²) in [7, 11) is 0. The Morgan fingerprint density at radius 1 is 1.16 bits per heavy atom. The number of nitrogens with zero attached hydrogens (tertiary/aromatic N) is 3. The van der Waals surface area contributed by atoms with Crippen LogP contribution in [0.2, 0.25) is 0 Å². The van der Waals surface area contributed by atoms with Gasteiger partial charge in [0.2, 0.25) is 0 Å². The smallest absolute Gasteiger partial charge is 0.272 e. The molecular weight excluding hydrogens is 314 g/mol. The molecule has 25 heavy (non-hydrogen) atoms. The van der Waals surface area contributed by atoms with Crippen LogP contribution >= 0.6 is 0 Å². The van der Waals surface area contributed by atoms with Crippen molar-refractivity contribution in [2.75, 3.05) is 31.2 Å². The first-order valence-corrected chi connectivity index (χ1v) is 8.79. The van der Waals surface area contributed by atoms with E-state index in [2.05, 4.69) is 48.0 Å². The van der Waals surface area contributed by atoms with Gasteiger partial charge in [-0.2, -0.15) is 0 Å². The molecule has 2 heterocycles. The van der Waals surface area contributed by atoms with E-state index in [0.717, 1.165) is 12.2 Å². The zero-order chi connectivity index (χ0) is 17.6. The maximum atomic E-state index is 12.5. The second-order valence-corrected chi connectivity index (χ2v) is 6.51. The van der Waals surface area contributed by atoms with E-state index in [1.54, 1.807) is 11.1 Å². The van der Waals surface area contributed by atoms with Gasteiger partial charge in [0.15, 0.2) is 0 Å². The van der Waals surface area contributed by atoms with Crippen LogP contribution in [0.15, 0.2) is 48.7 Å². The van der Waals surface area contributed by atoms with Crippen LogP contribution in [0, 0.1) is 0 Å². The lowest BCUT2D eigenvalue weighted by Crippen LogP contribution is -2.41. The van der Waals surface area contributed by atoms with Gasteiger partial charge in [-0.3, -0.25) is 4.79 Å². The number of morpholine rings is 1. The van der Waals surface area contributed by atoms with Crippen LogP contribution < -0.4 is 4.90 Å². The van der Waals surface area contributed by atoms with Crippen molar-refractivity contribution in [1.82, 2.24) is 9.88 Å². The van der Waals surface area contributed by atoms with Crippen LogP contribution in [0.5, 0.6) is 0 Å². The van der Waals surface area contributed by atoms with Gasteiger partial charge in [-0.1, -0.05) is 30.3 Å². The molecule has 1 amide bonds. The van der Waals surface area contributed by atoms with Crippen molar-refractivity contribution in [3.63, 3.8) is 0 Å². The molecule has 0 saturated carbocycles. The predicted molar refractivity (Wildman–Crippen MR) is 98.7 cm³/mol. The molecule has 5 nitrogen and oxygen atoms in total. The van der Waals surface area contributed by atoms with Crippen molar-refractivity contribution < 1.29 is 9.53 Å². The number of amides is 1. The summed E-state index contributed by atoms with van der Waals surface area (Å²) >= 11 is 0. The Kier molecular flexibility index (Phi) is 5.66. The average molecular weight is 339 g/mol. The number of aromatic nitrogens is 1. The summed E-state index contributed by atoms with van der Waals surface area (Å²) < 4.78 is 5.30. The molecule has 132 valence electrons. The highest BCUT2D eigenvalue weighted by Crippen LogP contribution is 2.20. The first kappa shape index (κ1) is 17.4. The summed E-state index contributed by atoms with van der Waals surface area (Å²) in [6, 6.07) is 14.5. The van der Waals surface area contributed by atoms with Crippen LogP contribution in [0.3, 0.4) is 0 Å². The maximum absolute atomic E-state index is 12.5. The van der Waals surface area contributed by atoms with E-state index in [4.69, 9.17) is 4.74 Å². The predicted octanol–water partition coefficient (Wildman–Crippen LogP) is 2.97. The normalized spacial score (nSPS) is 14.6. The largest absolute Gasteiger partial charge is 0.378 e. The molecule has 1 fully saturated rings. The molecule has 1 aliphatic rings. The van der Waals surface area contributed by atoms with Gasteiger partial charge in [0.25, 0.3) is 5.91 Å². The summed E-state index contributed by atoms with van der Waals surface area (Å²) in [5.41, 5.74) is 2.77. The first-order valence-electron chi connectivity index (χ1n) is 8.79. The fourth-order valence-electron chi connectivity index (χ4n) is 2.96. The van der Waals surface area contributed by atoms with Crippen molar-refractivity contribution in [2.24, 2.45) is 0 Å². The van der Waals surface area contributed by atoms with Gasteiger partial charge in [-0.25, -0.2) is 4.98 Å². The monoisotopic (exact) mass is 339 g/mol. The number of benzene rings is 1. The summed E-state index contributed by atoms with van der Waals surface area (Å²) in [4.78, 5) is 21.0. The fourth-order valence-corrected chi connectivity index (χ4v) is 2.96. The zero-order valence-corrected chi connectivity index (χ0v) is 14.9. The van der Waals surface area contributed by atoms with Gasteiger partial charge in [-0.15, -0.1) is 0 Å². The highest BCUT2D eigenvalue weighted by Gasteiger charge is 2.20. The van der Waals surface area contributed by atoms with E-state index in [0.29, 0.717) is 38.0 Å². The molecule has 1 aromatic carbocycles. The van der Waals surface area contributed by atoms with Gasteiger partial charge in [0.05, 0.1) is 25.1 Å². The van der Waals surface area contributed by atoms with E-state index >= 15 is 0 Å². The van der Waals surface area contributed by atoms with Crippen LogP contribution in [-0.2, 0) is 11.3 Å². The number of pyridine rings is 1. The maximum Gasteiger partial charge on any atom is 0.272 e. The minimum absolute atomic E-state index is 0.0194. The minimum atomic E-state index is -0.0194. The zero-order valence-electron chi connectivity index (χ0n) is 14.9. The molecule has 1 aliphatic heterocycles.